The highest BCUT2D eigenvalue weighted by molar-refractivity contribution is 5.38. The van der Waals surface area contributed by atoms with Gasteiger partial charge in [0, 0.05) is 0 Å². The summed E-state index contributed by atoms with van der Waals surface area (Å²) in [5.41, 5.74) is 2.85. The Hall–Kier alpha value is -0.980. The van der Waals surface area contributed by atoms with Crippen molar-refractivity contribution in [1.29, 1.82) is 0 Å². The minimum absolute atomic E-state index is 0.206. The molecule has 174 valence electrons. The van der Waals surface area contributed by atoms with Crippen molar-refractivity contribution in [2.45, 2.75) is 143 Å². The molecule has 0 amide bonds. The lowest BCUT2D eigenvalue weighted by molar-refractivity contribution is 0.302. The normalized spacial score (nSPS) is 11.8. The first-order valence-corrected chi connectivity index (χ1v) is 13.2. The largest absolute Gasteiger partial charge is 0.493 e. The molecule has 0 saturated carbocycles. The van der Waals surface area contributed by atoms with Crippen molar-refractivity contribution < 1.29 is 4.74 Å². The van der Waals surface area contributed by atoms with Crippen molar-refractivity contribution in [3.05, 3.63) is 29.3 Å². The molecule has 0 atom stereocenters. The molecule has 0 aliphatic heterocycles. The van der Waals surface area contributed by atoms with Gasteiger partial charge in [-0.1, -0.05) is 136 Å². The summed E-state index contributed by atoms with van der Waals surface area (Å²) in [5.74, 6) is 1.06. The third-order valence-corrected chi connectivity index (χ3v) is 6.30. The minimum Gasteiger partial charge on any atom is -0.493 e. The van der Waals surface area contributed by atoms with Gasteiger partial charge in [0.1, 0.15) is 5.75 Å². The van der Waals surface area contributed by atoms with E-state index in [1.165, 1.54) is 114 Å². The van der Waals surface area contributed by atoms with E-state index in [0.717, 1.165) is 12.4 Å². The number of benzene rings is 1. The summed E-state index contributed by atoms with van der Waals surface area (Å²) in [4.78, 5) is 0. The third kappa shape index (κ3) is 13.3. The smallest absolute Gasteiger partial charge is 0.122 e. The first-order chi connectivity index (χ1) is 14.4. The maximum absolute atomic E-state index is 6.02. The Morgan fingerprint density at radius 2 is 1.07 bits per heavy atom. The molecular weight excluding hydrogens is 364 g/mol. The van der Waals surface area contributed by atoms with Gasteiger partial charge in [-0.25, -0.2) is 0 Å². The number of aryl methyl sites for hydroxylation is 1. The molecule has 0 aliphatic carbocycles. The van der Waals surface area contributed by atoms with Crippen LogP contribution in [0.25, 0.3) is 0 Å². The molecule has 0 unspecified atom stereocenters. The SMILES string of the molecule is CCCCCCCCCCCCCCCCCCOc1ccc(C(C)(C)C)cc1C. The maximum atomic E-state index is 6.02. The van der Waals surface area contributed by atoms with E-state index in [9.17, 15) is 0 Å². The van der Waals surface area contributed by atoms with E-state index < -0.39 is 0 Å². The van der Waals surface area contributed by atoms with Gasteiger partial charge in [-0.2, -0.15) is 0 Å². The maximum Gasteiger partial charge on any atom is 0.122 e. The van der Waals surface area contributed by atoms with Gasteiger partial charge in [-0.05, 0) is 36.0 Å². The fourth-order valence-electron chi connectivity index (χ4n) is 4.11. The van der Waals surface area contributed by atoms with Crippen LogP contribution in [0.4, 0.5) is 0 Å². The van der Waals surface area contributed by atoms with Crippen LogP contribution in [-0.2, 0) is 5.41 Å². The van der Waals surface area contributed by atoms with E-state index in [1.807, 2.05) is 0 Å². The number of ether oxygens (including phenoxy) is 1. The molecule has 0 saturated heterocycles. The van der Waals surface area contributed by atoms with Crippen molar-refractivity contribution in [1.82, 2.24) is 0 Å². The molecule has 0 N–H and O–H groups in total. The molecule has 30 heavy (non-hydrogen) atoms. The number of unbranched alkanes of at least 4 members (excludes halogenated alkanes) is 15. The Kier molecular flexibility index (Phi) is 15.0. The summed E-state index contributed by atoms with van der Waals surface area (Å²) in [5, 5.41) is 0. The molecule has 0 aliphatic rings. The summed E-state index contributed by atoms with van der Waals surface area (Å²) >= 11 is 0. The van der Waals surface area contributed by atoms with Crippen LogP contribution in [0.1, 0.15) is 142 Å². The van der Waals surface area contributed by atoms with Crippen molar-refractivity contribution in [3.63, 3.8) is 0 Å². The summed E-state index contributed by atoms with van der Waals surface area (Å²) in [6.45, 7) is 12.1. The van der Waals surface area contributed by atoms with Gasteiger partial charge >= 0.3 is 0 Å². The van der Waals surface area contributed by atoms with E-state index in [2.05, 4.69) is 52.8 Å². The Bertz CT molecular complexity index is 526. The summed E-state index contributed by atoms with van der Waals surface area (Å²) in [6.07, 6.45) is 22.6. The van der Waals surface area contributed by atoms with Gasteiger partial charge in [0.25, 0.3) is 0 Å². The molecule has 1 heteroatoms. The molecule has 0 spiro atoms. The third-order valence-electron chi connectivity index (χ3n) is 6.30. The molecule has 1 nitrogen and oxygen atoms in total. The molecule has 1 rings (SSSR count). The van der Waals surface area contributed by atoms with Crippen LogP contribution in [0.3, 0.4) is 0 Å². The van der Waals surface area contributed by atoms with Crippen LogP contribution >= 0.6 is 0 Å². The Labute approximate surface area is 189 Å². The first-order valence-electron chi connectivity index (χ1n) is 13.2. The predicted molar refractivity (Wildman–Crippen MR) is 135 cm³/mol. The lowest BCUT2D eigenvalue weighted by Crippen LogP contribution is -2.11. The average molecular weight is 417 g/mol. The van der Waals surface area contributed by atoms with Crippen molar-refractivity contribution >= 4 is 0 Å². The van der Waals surface area contributed by atoms with Crippen LogP contribution in [0.5, 0.6) is 5.75 Å². The van der Waals surface area contributed by atoms with Crippen molar-refractivity contribution in [2.24, 2.45) is 0 Å². The van der Waals surface area contributed by atoms with E-state index >= 15 is 0 Å². The number of hydrogen-bond donors (Lipinski definition) is 0. The Balaban J connectivity index is 1.89. The van der Waals surface area contributed by atoms with Crippen LogP contribution in [0.15, 0.2) is 18.2 Å². The van der Waals surface area contributed by atoms with E-state index in [4.69, 9.17) is 4.74 Å². The predicted octanol–water partition coefficient (Wildman–Crippen LogP) is 9.93. The van der Waals surface area contributed by atoms with Crippen LogP contribution in [0.2, 0.25) is 0 Å². The van der Waals surface area contributed by atoms with E-state index in [-0.39, 0.29) is 5.41 Å². The van der Waals surface area contributed by atoms with Gasteiger partial charge in [0.2, 0.25) is 0 Å². The Morgan fingerprint density at radius 3 is 1.47 bits per heavy atom. The van der Waals surface area contributed by atoms with E-state index in [1.54, 1.807) is 0 Å². The van der Waals surface area contributed by atoms with Crippen LogP contribution in [-0.4, -0.2) is 6.61 Å². The van der Waals surface area contributed by atoms with E-state index in [0.29, 0.717) is 0 Å². The van der Waals surface area contributed by atoms with Gasteiger partial charge in [0.05, 0.1) is 6.61 Å². The van der Waals surface area contributed by atoms with Gasteiger partial charge in [-0.15, -0.1) is 0 Å². The molecule has 0 aromatic heterocycles. The highest BCUT2D eigenvalue weighted by Gasteiger charge is 2.14. The fourth-order valence-corrected chi connectivity index (χ4v) is 4.11. The summed E-state index contributed by atoms with van der Waals surface area (Å²) < 4.78 is 6.02. The molecule has 1 aromatic carbocycles. The summed E-state index contributed by atoms with van der Waals surface area (Å²) in [7, 11) is 0. The lowest BCUT2D eigenvalue weighted by atomic mass is 9.86. The first kappa shape index (κ1) is 27.1. The highest BCUT2D eigenvalue weighted by Crippen LogP contribution is 2.27. The molecule has 0 bridgehead atoms. The van der Waals surface area contributed by atoms with Gasteiger partial charge in [-0.3, -0.25) is 0 Å². The molecule has 0 fully saturated rings. The van der Waals surface area contributed by atoms with Crippen molar-refractivity contribution in [3.8, 4) is 5.75 Å². The van der Waals surface area contributed by atoms with Crippen LogP contribution < -0.4 is 4.74 Å². The minimum atomic E-state index is 0.206. The molecule has 0 heterocycles. The topological polar surface area (TPSA) is 9.23 Å². The standard InChI is InChI=1S/C29H52O/c1-6-7-8-9-10-11-12-13-14-15-16-17-18-19-20-21-24-30-28-23-22-27(25-26(28)2)29(3,4)5/h22-23,25H,6-21,24H2,1-5H3. The van der Waals surface area contributed by atoms with Gasteiger partial charge < -0.3 is 4.74 Å². The van der Waals surface area contributed by atoms with Crippen molar-refractivity contribution in [2.75, 3.05) is 6.61 Å². The monoisotopic (exact) mass is 416 g/mol. The van der Waals surface area contributed by atoms with Gasteiger partial charge in [0.15, 0.2) is 0 Å². The number of rotatable bonds is 18. The molecular formula is C29H52O. The Morgan fingerprint density at radius 1 is 0.633 bits per heavy atom. The zero-order valence-electron chi connectivity index (χ0n) is 21.2. The summed E-state index contributed by atoms with van der Waals surface area (Å²) in [6, 6.07) is 6.65. The second-order valence-corrected chi connectivity index (χ2v) is 10.4. The second-order valence-electron chi connectivity index (χ2n) is 10.4. The second kappa shape index (κ2) is 16.7. The van der Waals surface area contributed by atoms with Crippen LogP contribution in [0, 0.1) is 6.92 Å². The molecule has 1 aromatic rings. The highest BCUT2D eigenvalue weighted by atomic mass is 16.5. The average Bonchev–Trinajstić information content (AvgIpc) is 2.70. The lowest BCUT2D eigenvalue weighted by Gasteiger charge is -2.20. The zero-order chi connectivity index (χ0) is 22.1. The number of hydrogen-bond acceptors (Lipinski definition) is 1. The fraction of sp³-hybridized carbons (Fsp3) is 0.793. The molecule has 0 radical (unpaired) electrons. The zero-order valence-corrected chi connectivity index (χ0v) is 21.2. The quantitative estimate of drug-likeness (QED) is 0.216.